The van der Waals surface area contributed by atoms with Gasteiger partial charge in [0.05, 0.1) is 25.0 Å². The molecule has 3 heterocycles. The van der Waals surface area contributed by atoms with Crippen molar-refractivity contribution in [3.8, 4) is 5.75 Å². The Balaban J connectivity index is 1.56. The molecule has 0 aliphatic carbocycles. The summed E-state index contributed by atoms with van der Waals surface area (Å²) in [5.74, 6) is 1.22. The third kappa shape index (κ3) is 3.11. The van der Waals surface area contributed by atoms with Gasteiger partial charge in [0, 0.05) is 22.0 Å². The number of furan rings is 1. The Labute approximate surface area is 175 Å². The van der Waals surface area contributed by atoms with Crippen LogP contribution in [0.5, 0.6) is 5.75 Å². The van der Waals surface area contributed by atoms with E-state index in [1.54, 1.807) is 18.4 Å². The zero-order valence-corrected chi connectivity index (χ0v) is 17.1. The molecule has 0 spiro atoms. The molecule has 5 rings (SSSR count). The van der Waals surface area contributed by atoms with E-state index >= 15 is 0 Å². The maximum atomic E-state index is 11.8. The Morgan fingerprint density at radius 2 is 2.03 bits per heavy atom. The molecule has 3 aromatic rings. The minimum absolute atomic E-state index is 0.0293. The summed E-state index contributed by atoms with van der Waals surface area (Å²) in [5.41, 5.74) is 3.36. The summed E-state index contributed by atoms with van der Waals surface area (Å²) < 4.78 is 17.7. The highest BCUT2D eigenvalue weighted by atomic mass is 79.9. The molecular weight excluding hydrogens is 436 g/mol. The number of ether oxygens (including phenoxy) is 2. The first-order valence-corrected chi connectivity index (χ1v) is 9.97. The van der Waals surface area contributed by atoms with Crippen molar-refractivity contribution < 1.29 is 18.7 Å². The van der Waals surface area contributed by atoms with Crippen LogP contribution in [0.4, 0.5) is 0 Å². The summed E-state index contributed by atoms with van der Waals surface area (Å²) >= 11 is 3.56. The summed E-state index contributed by atoms with van der Waals surface area (Å²) in [7, 11) is 1.37. The van der Waals surface area contributed by atoms with Gasteiger partial charge in [0.25, 0.3) is 0 Å². The van der Waals surface area contributed by atoms with Crippen LogP contribution in [0.2, 0.25) is 0 Å². The summed E-state index contributed by atoms with van der Waals surface area (Å²) in [4.78, 5) is 11.8. The van der Waals surface area contributed by atoms with Gasteiger partial charge in [0.15, 0.2) is 0 Å². The highest BCUT2D eigenvalue weighted by molar-refractivity contribution is 9.10. The van der Waals surface area contributed by atoms with Crippen molar-refractivity contribution in [2.45, 2.75) is 18.7 Å². The number of hydrogen-bond donors (Lipinski definition) is 0. The largest absolute Gasteiger partial charge is 0.465 e. The number of halogens is 1. The number of hydrogen-bond acceptors (Lipinski definition) is 6. The monoisotopic (exact) mass is 452 g/mol. The Hall–Kier alpha value is -3.06. The van der Waals surface area contributed by atoms with Gasteiger partial charge < -0.3 is 13.9 Å². The second-order valence-electron chi connectivity index (χ2n) is 6.89. The molecule has 7 heteroatoms. The quantitative estimate of drug-likeness (QED) is 0.518. The minimum atomic E-state index is -0.409. The maximum Gasteiger partial charge on any atom is 0.337 e. The van der Waals surface area contributed by atoms with E-state index in [-0.39, 0.29) is 12.0 Å². The van der Waals surface area contributed by atoms with Crippen LogP contribution in [0.3, 0.4) is 0 Å². The van der Waals surface area contributed by atoms with Crippen molar-refractivity contribution >= 4 is 27.6 Å². The molecule has 6 nitrogen and oxygen atoms in total. The number of esters is 1. The van der Waals surface area contributed by atoms with Crippen LogP contribution in [0.25, 0.3) is 0 Å². The smallest absolute Gasteiger partial charge is 0.337 e. The first kappa shape index (κ1) is 18.0. The number of carbonyl (C=O) groups excluding carboxylic acids is 1. The Morgan fingerprint density at radius 1 is 1.21 bits per heavy atom. The van der Waals surface area contributed by atoms with Gasteiger partial charge in [0.1, 0.15) is 17.2 Å². The molecule has 0 N–H and O–H groups in total. The summed E-state index contributed by atoms with van der Waals surface area (Å²) in [5, 5.41) is 6.81. The fourth-order valence-electron chi connectivity index (χ4n) is 3.77. The van der Waals surface area contributed by atoms with E-state index in [1.807, 2.05) is 41.4 Å². The van der Waals surface area contributed by atoms with Crippen LogP contribution < -0.4 is 4.74 Å². The van der Waals surface area contributed by atoms with E-state index in [0.717, 1.165) is 39.2 Å². The SMILES string of the molecule is COC(=O)c1ccc([C@H]2Oc3ccc(Br)cc3[C@@H]3CC(c4ccco4)=NN23)cc1. The molecule has 0 unspecified atom stereocenters. The van der Waals surface area contributed by atoms with Crippen LogP contribution >= 0.6 is 15.9 Å². The van der Waals surface area contributed by atoms with Gasteiger partial charge in [-0.1, -0.05) is 28.1 Å². The van der Waals surface area contributed by atoms with E-state index in [4.69, 9.17) is 19.0 Å². The average Bonchev–Trinajstić information content (AvgIpc) is 3.43. The Kier molecular flexibility index (Phi) is 4.39. The molecule has 2 atom stereocenters. The Bertz CT molecular complexity index is 1090. The second-order valence-corrected chi connectivity index (χ2v) is 7.81. The van der Waals surface area contributed by atoms with Crippen molar-refractivity contribution in [2.75, 3.05) is 7.11 Å². The summed E-state index contributed by atoms with van der Waals surface area (Å²) in [6.45, 7) is 0. The zero-order chi connectivity index (χ0) is 20.0. The van der Waals surface area contributed by atoms with Crippen LogP contribution in [0.1, 0.15) is 45.9 Å². The van der Waals surface area contributed by atoms with Crippen molar-refractivity contribution in [3.63, 3.8) is 0 Å². The standard InChI is InChI=1S/C22H17BrN2O4/c1-27-22(26)14-6-4-13(5-7-14)21-25-18(12-17(24-25)20-3-2-10-28-20)16-11-15(23)8-9-19(16)29-21/h2-11,18,21H,12H2,1H3/t18-,21+/m0/s1. The van der Waals surface area contributed by atoms with Crippen molar-refractivity contribution in [1.82, 2.24) is 5.01 Å². The highest BCUT2D eigenvalue weighted by Gasteiger charge is 2.41. The molecular formula is C22H17BrN2O4. The molecule has 0 saturated heterocycles. The normalized spacial score (nSPS) is 19.8. The Morgan fingerprint density at radius 3 is 2.76 bits per heavy atom. The van der Waals surface area contributed by atoms with E-state index in [2.05, 4.69) is 22.0 Å². The first-order valence-electron chi connectivity index (χ1n) is 9.18. The number of rotatable bonds is 3. The van der Waals surface area contributed by atoms with Crippen LogP contribution in [-0.4, -0.2) is 23.8 Å². The van der Waals surface area contributed by atoms with Gasteiger partial charge >= 0.3 is 5.97 Å². The van der Waals surface area contributed by atoms with Gasteiger partial charge in [-0.15, -0.1) is 0 Å². The fourth-order valence-corrected chi connectivity index (χ4v) is 4.15. The maximum absolute atomic E-state index is 11.8. The fraction of sp³-hybridized carbons (Fsp3) is 0.182. The van der Waals surface area contributed by atoms with Crippen LogP contribution in [-0.2, 0) is 4.74 Å². The van der Waals surface area contributed by atoms with Gasteiger partial charge in [-0.25, -0.2) is 9.80 Å². The lowest BCUT2D eigenvalue weighted by Gasteiger charge is -2.38. The summed E-state index contributed by atoms with van der Waals surface area (Å²) in [6, 6.07) is 17.0. The third-order valence-corrected chi connectivity index (χ3v) is 5.67. The van der Waals surface area contributed by atoms with Crippen LogP contribution in [0, 0.1) is 0 Å². The number of fused-ring (bicyclic) bond motifs is 3. The van der Waals surface area contributed by atoms with Gasteiger partial charge in [-0.05, 0) is 42.5 Å². The molecule has 146 valence electrons. The van der Waals surface area contributed by atoms with E-state index in [0.29, 0.717) is 5.56 Å². The molecule has 0 radical (unpaired) electrons. The lowest BCUT2D eigenvalue weighted by atomic mass is 9.97. The summed E-state index contributed by atoms with van der Waals surface area (Å²) in [6.07, 6.45) is 1.96. The number of benzene rings is 2. The average molecular weight is 453 g/mol. The van der Waals surface area contributed by atoms with Gasteiger partial charge in [-0.2, -0.15) is 5.10 Å². The third-order valence-electron chi connectivity index (χ3n) is 5.17. The predicted octanol–water partition coefficient (Wildman–Crippen LogP) is 5.07. The molecule has 2 aliphatic heterocycles. The van der Waals surface area contributed by atoms with E-state index < -0.39 is 6.23 Å². The van der Waals surface area contributed by atoms with Crippen molar-refractivity contribution in [3.05, 3.63) is 87.8 Å². The molecule has 0 saturated carbocycles. The lowest BCUT2D eigenvalue weighted by molar-refractivity contribution is -0.0191. The predicted molar refractivity (Wildman–Crippen MR) is 110 cm³/mol. The first-order chi connectivity index (χ1) is 14.1. The van der Waals surface area contributed by atoms with Crippen molar-refractivity contribution in [2.24, 2.45) is 5.10 Å². The molecule has 1 aromatic heterocycles. The molecule has 2 aromatic carbocycles. The lowest BCUT2D eigenvalue weighted by Crippen LogP contribution is -2.33. The van der Waals surface area contributed by atoms with E-state index in [1.165, 1.54) is 7.11 Å². The molecule has 29 heavy (non-hydrogen) atoms. The topological polar surface area (TPSA) is 64.3 Å². The molecule has 2 aliphatic rings. The van der Waals surface area contributed by atoms with Crippen LogP contribution in [0.15, 0.2) is 74.9 Å². The van der Waals surface area contributed by atoms with Crippen molar-refractivity contribution in [1.29, 1.82) is 0 Å². The van der Waals surface area contributed by atoms with Gasteiger partial charge in [0.2, 0.25) is 6.23 Å². The molecule has 0 fully saturated rings. The molecule has 0 amide bonds. The number of carbonyl (C=O) groups is 1. The minimum Gasteiger partial charge on any atom is -0.465 e. The zero-order valence-electron chi connectivity index (χ0n) is 15.5. The molecule has 0 bridgehead atoms. The second kappa shape index (κ2) is 7.08. The number of methoxy groups -OCH3 is 1. The number of hydrazone groups is 1. The highest BCUT2D eigenvalue weighted by Crippen LogP contribution is 2.48. The number of nitrogens with zero attached hydrogens (tertiary/aromatic N) is 2. The van der Waals surface area contributed by atoms with Gasteiger partial charge in [-0.3, -0.25) is 0 Å². The van der Waals surface area contributed by atoms with E-state index in [9.17, 15) is 4.79 Å².